The van der Waals surface area contributed by atoms with Crippen molar-refractivity contribution in [3.05, 3.63) is 36.8 Å². The van der Waals surface area contributed by atoms with Crippen LogP contribution in [0.15, 0.2) is 29.2 Å². The molecule has 1 aromatic rings. The van der Waals surface area contributed by atoms with Crippen LogP contribution in [0.25, 0.3) is 0 Å². The molecule has 0 N–H and O–H groups in total. The Labute approximate surface area is 111 Å². The molecule has 0 aliphatic rings. The number of aryl methyl sites for hydroxylation is 1. The lowest BCUT2D eigenvalue weighted by molar-refractivity contribution is 0.445. The second-order valence-electron chi connectivity index (χ2n) is 4.19. The monoisotopic (exact) mass is 268 g/mol. The van der Waals surface area contributed by atoms with Crippen molar-refractivity contribution < 1.29 is 8.42 Å². The van der Waals surface area contributed by atoms with Gasteiger partial charge in [0.2, 0.25) is 10.0 Å². The van der Waals surface area contributed by atoms with Crippen molar-refractivity contribution in [3.8, 4) is 0 Å². The summed E-state index contributed by atoms with van der Waals surface area (Å²) in [5, 5.41) is 0. The molecule has 4 heteroatoms. The third-order valence-electron chi connectivity index (χ3n) is 2.96. The fraction of sp³-hybridized carbons (Fsp3) is 0.500. The fourth-order valence-electron chi connectivity index (χ4n) is 1.90. The Kier molecular flexibility index (Phi) is 5.82. The second kappa shape index (κ2) is 6.90. The molecule has 1 aromatic carbocycles. The highest BCUT2D eigenvalue weighted by molar-refractivity contribution is 7.89. The predicted molar refractivity (Wildman–Crippen MR) is 74.8 cm³/mol. The van der Waals surface area contributed by atoms with E-state index in [4.69, 9.17) is 0 Å². The number of benzene rings is 1. The molecule has 0 aromatic heterocycles. The van der Waals surface area contributed by atoms with E-state index in [1.165, 1.54) is 4.31 Å². The molecule has 0 spiro atoms. The highest BCUT2D eigenvalue weighted by atomic mass is 32.2. The maximum atomic E-state index is 12.3. The maximum Gasteiger partial charge on any atom is 0.243 e. The first-order valence-electron chi connectivity index (χ1n) is 6.44. The predicted octanol–water partition coefficient (Wildman–Crippen LogP) is 2.87. The molecule has 0 aliphatic carbocycles. The molecule has 0 atom stereocenters. The molecular weight excluding hydrogens is 246 g/mol. The van der Waals surface area contributed by atoms with E-state index in [9.17, 15) is 8.42 Å². The van der Waals surface area contributed by atoms with E-state index < -0.39 is 10.0 Å². The van der Waals surface area contributed by atoms with Crippen LogP contribution < -0.4 is 0 Å². The molecule has 18 heavy (non-hydrogen) atoms. The molecule has 1 rings (SSSR count). The van der Waals surface area contributed by atoms with Crippen molar-refractivity contribution in [2.24, 2.45) is 0 Å². The Bertz CT molecular complexity index is 464. The van der Waals surface area contributed by atoms with Crippen LogP contribution in [-0.4, -0.2) is 25.8 Å². The number of sulfonamides is 1. The van der Waals surface area contributed by atoms with Crippen LogP contribution in [0, 0.1) is 6.92 Å². The quantitative estimate of drug-likeness (QED) is 0.762. The zero-order chi connectivity index (χ0) is 13.6. The minimum absolute atomic E-state index is 0.396. The Morgan fingerprint density at radius 2 is 1.89 bits per heavy atom. The lowest BCUT2D eigenvalue weighted by Gasteiger charge is -2.18. The zero-order valence-electron chi connectivity index (χ0n) is 11.2. The number of nitrogens with zero attached hydrogens (tertiary/aromatic N) is 1. The Hall–Kier alpha value is -0.870. The summed E-state index contributed by atoms with van der Waals surface area (Å²) in [5.74, 6) is 0. The van der Waals surface area contributed by atoms with Gasteiger partial charge in [-0.15, -0.1) is 0 Å². The molecule has 0 saturated heterocycles. The Balaban J connectivity index is 3.01. The Morgan fingerprint density at radius 3 is 2.44 bits per heavy atom. The van der Waals surface area contributed by atoms with Crippen molar-refractivity contribution in [3.63, 3.8) is 0 Å². The van der Waals surface area contributed by atoms with Gasteiger partial charge in [0.05, 0.1) is 4.90 Å². The van der Waals surface area contributed by atoms with E-state index in [0.717, 1.165) is 24.8 Å². The van der Waals surface area contributed by atoms with E-state index in [1.807, 2.05) is 26.0 Å². The van der Waals surface area contributed by atoms with Crippen LogP contribution >= 0.6 is 0 Å². The van der Waals surface area contributed by atoms with Gasteiger partial charge in [0.1, 0.15) is 0 Å². The summed E-state index contributed by atoms with van der Waals surface area (Å²) in [4.78, 5) is 0.396. The summed E-state index contributed by atoms with van der Waals surface area (Å²) in [7, 11) is -3.33. The lowest BCUT2D eigenvalue weighted by Crippen LogP contribution is -2.30. The minimum atomic E-state index is -3.33. The molecule has 0 aliphatic heterocycles. The zero-order valence-corrected chi connectivity index (χ0v) is 12.0. The van der Waals surface area contributed by atoms with Gasteiger partial charge in [-0.3, -0.25) is 0 Å². The second-order valence-corrected chi connectivity index (χ2v) is 6.13. The lowest BCUT2D eigenvalue weighted by atomic mass is 10.1. The number of unbranched alkanes of at least 4 members (excludes halogenated alkanes) is 1. The average Bonchev–Trinajstić information content (AvgIpc) is 2.38. The van der Waals surface area contributed by atoms with Crippen molar-refractivity contribution in [2.75, 3.05) is 13.1 Å². The first-order chi connectivity index (χ1) is 8.56. The van der Waals surface area contributed by atoms with Gasteiger partial charge >= 0.3 is 0 Å². The molecule has 0 heterocycles. The molecule has 101 valence electrons. The minimum Gasteiger partial charge on any atom is -0.207 e. The van der Waals surface area contributed by atoms with E-state index in [0.29, 0.717) is 18.0 Å². The first-order valence-corrected chi connectivity index (χ1v) is 7.88. The van der Waals surface area contributed by atoms with E-state index in [-0.39, 0.29) is 0 Å². The molecule has 0 fully saturated rings. The standard InChI is InChI=1S/C14H22NO2S/c1-4-7-9-13-10-8-11-14(12-13)18(16,17)15(5-2)6-3/h8,10-12H,1,4-7,9H2,2-3H3. The van der Waals surface area contributed by atoms with Gasteiger partial charge in [-0.1, -0.05) is 39.3 Å². The van der Waals surface area contributed by atoms with Gasteiger partial charge in [-0.25, -0.2) is 8.42 Å². The number of hydrogen-bond donors (Lipinski definition) is 0. The van der Waals surface area contributed by atoms with Crippen LogP contribution in [0.1, 0.15) is 32.3 Å². The summed E-state index contributed by atoms with van der Waals surface area (Å²) in [5.41, 5.74) is 1.06. The summed E-state index contributed by atoms with van der Waals surface area (Å²) in [6, 6.07) is 7.23. The van der Waals surface area contributed by atoms with E-state index >= 15 is 0 Å². The van der Waals surface area contributed by atoms with Crippen LogP contribution in [-0.2, 0) is 16.4 Å². The van der Waals surface area contributed by atoms with Crippen LogP contribution in [0.4, 0.5) is 0 Å². The van der Waals surface area contributed by atoms with E-state index in [2.05, 4.69) is 6.92 Å². The van der Waals surface area contributed by atoms with Gasteiger partial charge in [-0.2, -0.15) is 4.31 Å². The molecule has 0 saturated carbocycles. The van der Waals surface area contributed by atoms with Gasteiger partial charge < -0.3 is 0 Å². The summed E-state index contributed by atoms with van der Waals surface area (Å²) in [6.45, 7) is 8.51. The average molecular weight is 268 g/mol. The summed E-state index contributed by atoms with van der Waals surface area (Å²) in [6.07, 6.45) is 2.73. The molecule has 0 amide bonds. The van der Waals surface area contributed by atoms with Crippen molar-refractivity contribution in [1.82, 2.24) is 4.31 Å². The van der Waals surface area contributed by atoms with Gasteiger partial charge in [-0.05, 0) is 30.5 Å². The largest absolute Gasteiger partial charge is 0.243 e. The third kappa shape index (κ3) is 3.56. The topological polar surface area (TPSA) is 37.4 Å². The highest BCUT2D eigenvalue weighted by Crippen LogP contribution is 2.17. The Morgan fingerprint density at radius 1 is 1.22 bits per heavy atom. The normalized spacial score (nSPS) is 12.0. The molecular formula is C14H22NO2S. The molecule has 0 unspecified atom stereocenters. The number of rotatable bonds is 7. The van der Waals surface area contributed by atoms with Crippen molar-refractivity contribution in [1.29, 1.82) is 0 Å². The summed E-state index contributed by atoms with van der Waals surface area (Å²) < 4.78 is 26.1. The molecule has 3 nitrogen and oxygen atoms in total. The third-order valence-corrected chi connectivity index (χ3v) is 5.00. The van der Waals surface area contributed by atoms with Gasteiger partial charge in [0.15, 0.2) is 0 Å². The smallest absolute Gasteiger partial charge is 0.207 e. The highest BCUT2D eigenvalue weighted by Gasteiger charge is 2.21. The fourth-order valence-corrected chi connectivity index (χ4v) is 3.43. The molecule has 0 bridgehead atoms. The molecule has 1 radical (unpaired) electrons. The summed E-state index contributed by atoms with van der Waals surface area (Å²) >= 11 is 0. The SMILES string of the molecule is [CH2]CCCc1cccc(S(=O)(=O)N(CC)CC)c1. The van der Waals surface area contributed by atoms with E-state index in [1.54, 1.807) is 12.1 Å². The maximum absolute atomic E-state index is 12.3. The van der Waals surface area contributed by atoms with Gasteiger partial charge in [0.25, 0.3) is 0 Å². The van der Waals surface area contributed by atoms with Crippen LogP contribution in [0.2, 0.25) is 0 Å². The van der Waals surface area contributed by atoms with Crippen LogP contribution in [0.3, 0.4) is 0 Å². The van der Waals surface area contributed by atoms with Crippen molar-refractivity contribution in [2.45, 2.75) is 38.0 Å². The van der Waals surface area contributed by atoms with Crippen LogP contribution in [0.5, 0.6) is 0 Å². The number of hydrogen-bond acceptors (Lipinski definition) is 2. The van der Waals surface area contributed by atoms with Gasteiger partial charge in [0, 0.05) is 13.1 Å². The first kappa shape index (κ1) is 15.2. The van der Waals surface area contributed by atoms with Crippen molar-refractivity contribution >= 4 is 10.0 Å².